The second-order valence-electron chi connectivity index (χ2n) is 3.25. The van der Waals surface area contributed by atoms with Crippen LogP contribution in [0.4, 0.5) is 0 Å². The Morgan fingerprint density at radius 2 is 1.69 bits per heavy atom. The molecule has 5 heteroatoms. The van der Waals surface area contributed by atoms with Crippen molar-refractivity contribution in [3.8, 4) is 0 Å². The van der Waals surface area contributed by atoms with Gasteiger partial charge in [-0.3, -0.25) is 0 Å². The summed E-state index contributed by atoms with van der Waals surface area (Å²) < 4.78 is 4.81. The highest BCUT2D eigenvalue weighted by Gasteiger charge is 2.13. The minimum Gasteiger partial charge on any atom is -0.454 e. The van der Waals surface area contributed by atoms with Gasteiger partial charge >= 0.3 is 5.97 Å². The second-order valence-corrected chi connectivity index (χ2v) is 3.25. The van der Waals surface area contributed by atoms with Crippen LogP contribution in [-0.2, 0) is 11.3 Å². The average molecular weight is 226 g/mol. The van der Waals surface area contributed by atoms with E-state index in [4.69, 9.17) is 20.1 Å². The van der Waals surface area contributed by atoms with Crippen LogP contribution in [0.2, 0.25) is 0 Å². The van der Waals surface area contributed by atoms with Gasteiger partial charge in [-0.25, -0.2) is 4.79 Å². The van der Waals surface area contributed by atoms with Crippen molar-refractivity contribution in [3.63, 3.8) is 0 Å². The van der Waals surface area contributed by atoms with E-state index in [9.17, 15) is 4.79 Å². The first kappa shape index (κ1) is 12.6. The first-order valence-corrected chi connectivity index (χ1v) is 4.83. The lowest BCUT2D eigenvalue weighted by Crippen LogP contribution is -2.25. The maximum atomic E-state index is 11.5. The van der Waals surface area contributed by atoms with Crippen LogP contribution in [0.1, 0.15) is 15.9 Å². The van der Waals surface area contributed by atoms with E-state index in [2.05, 4.69) is 0 Å². The zero-order valence-corrected chi connectivity index (χ0v) is 8.67. The average Bonchev–Trinajstić information content (AvgIpc) is 2.35. The Bertz CT molecular complexity index is 329. The van der Waals surface area contributed by atoms with Gasteiger partial charge in [-0.05, 0) is 17.7 Å². The van der Waals surface area contributed by atoms with Crippen molar-refractivity contribution in [1.29, 1.82) is 0 Å². The van der Waals surface area contributed by atoms with Gasteiger partial charge in [0, 0.05) is 0 Å². The van der Waals surface area contributed by atoms with E-state index < -0.39 is 25.3 Å². The minimum absolute atomic E-state index is 0.0920. The third-order valence-corrected chi connectivity index (χ3v) is 2.05. The highest BCUT2D eigenvalue weighted by atomic mass is 16.6. The van der Waals surface area contributed by atoms with E-state index in [-0.39, 0.29) is 6.61 Å². The normalized spacial score (nSPS) is 10.5. The first-order chi connectivity index (χ1) is 7.71. The number of esters is 1. The number of carbonyl (C=O) groups excluding carboxylic acids is 1. The summed E-state index contributed by atoms with van der Waals surface area (Å²) in [7, 11) is 0. The van der Waals surface area contributed by atoms with Gasteiger partial charge in [0.15, 0.2) is 0 Å². The van der Waals surface area contributed by atoms with Crippen molar-refractivity contribution in [1.82, 2.24) is 0 Å². The molecule has 16 heavy (non-hydrogen) atoms. The van der Waals surface area contributed by atoms with E-state index >= 15 is 0 Å². The molecule has 0 bridgehead atoms. The Labute approximate surface area is 92.9 Å². The zero-order valence-electron chi connectivity index (χ0n) is 8.67. The molecular formula is C11H14O5. The van der Waals surface area contributed by atoms with Crippen LogP contribution in [0, 0.1) is 0 Å². The van der Waals surface area contributed by atoms with Crippen LogP contribution in [0.15, 0.2) is 24.3 Å². The third-order valence-electron chi connectivity index (χ3n) is 2.05. The second kappa shape index (κ2) is 6.22. The number of aliphatic hydroxyl groups is 3. The molecule has 0 amide bonds. The molecule has 0 fully saturated rings. The number of ether oxygens (including phenoxy) is 1. The molecule has 0 saturated heterocycles. The quantitative estimate of drug-likeness (QED) is 0.599. The van der Waals surface area contributed by atoms with E-state index in [0.717, 1.165) is 0 Å². The number of hydrogen-bond acceptors (Lipinski definition) is 5. The van der Waals surface area contributed by atoms with Gasteiger partial charge in [0.05, 0.1) is 25.4 Å². The molecule has 0 heterocycles. The minimum atomic E-state index is -0.898. The van der Waals surface area contributed by atoms with Crippen LogP contribution in [-0.4, -0.2) is 40.6 Å². The van der Waals surface area contributed by atoms with Crippen LogP contribution >= 0.6 is 0 Å². The molecule has 0 aromatic heterocycles. The molecule has 0 radical (unpaired) electrons. The molecule has 0 saturated carbocycles. The summed E-state index contributed by atoms with van der Waals surface area (Å²) >= 11 is 0. The number of carbonyl (C=O) groups is 1. The molecule has 1 rings (SSSR count). The fraction of sp³-hybridized carbons (Fsp3) is 0.364. The summed E-state index contributed by atoms with van der Waals surface area (Å²) in [4.78, 5) is 11.5. The van der Waals surface area contributed by atoms with E-state index in [1.54, 1.807) is 12.1 Å². The maximum absolute atomic E-state index is 11.5. The molecule has 0 aliphatic heterocycles. The lowest BCUT2D eigenvalue weighted by Gasteiger charge is -2.12. The molecule has 0 atom stereocenters. The van der Waals surface area contributed by atoms with Gasteiger partial charge in [-0.15, -0.1) is 0 Å². The summed E-state index contributed by atoms with van der Waals surface area (Å²) in [6, 6.07) is 6.23. The van der Waals surface area contributed by atoms with Crippen molar-refractivity contribution in [2.45, 2.75) is 12.7 Å². The molecule has 0 aliphatic rings. The maximum Gasteiger partial charge on any atom is 0.338 e. The van der Waals surface area contributed by atoms with E-state index in [1.165, 1.54) is 12.1 Å². The number of aliphatic hydroxyl groups excluding tert-OH is 3. The largest absolute Gasteiger partial charge is 0.454 e. The smallest absolute Gasteiger partial charge is 0.338 e. The monoisotopic (exact) mass is 226 g/mol. The fourth-order valence-corrected chi connectivity index (χ4v) is 1.10. The highest BCUT2D eigenvalue weighted by molar-refractivity contribution is 5.89. The topological polar surface area (TPSA) is 87.0 Å². The zero-order chi connectivity index (χ0) is 12.0. The SMILES string of the molecule is O=C(OC(CO)CO)c1ccc(CO)cc1. The number of benzene rings is 1. The highest BCUT2D eigenvalue weighted by Crippen LogP contribution is 2.07. The molecule has 5 nitrogen and oxygen atoms in total. The van der Waals surface area contributed by atoms with E-state index in [1.807, 2.05) is 0 Å². The van der Waals surface area contributed by atoms with Crippen LogP contribution < -0.4 is 0 Å². The summed E-state index contributed by atoms with van der Waals surface area (Å²) in [5.41, 5.74) is 1.00. The Morgan fingerprint density at radius 3 is 2.12 bits per heavy atom. The van der Waals surface area contributed by atoms with Gasteiger partial charge in [0.2, 0.25) is 0 Å². The summed E-state index contributed by atoms with van der Waals surface area (Å²) in [6.07, 6.45) is -0.898. The Morgan fingerprint density at radius 1 is 1.12 bits per heavy atom. The van der Waals surface area contributed by atoms with Gasteiger partial charge in [0.25, 0.3) is 0 Å². The number of rotatable bonds is 5. The Kier molecular flexibility index (Phi) is 4.91. The van der Waals surface area contributed by atoms with Crippen LogP contribution in [0.3, 0.4) is 0 Å². The van der Waals surface area contributed by atoms with Gasteiger partial charge in [0.1, 0.15) is 6.10 Å². The molecule has 1 aromatic rings. The van der Waals surface area contributed by atoms with Crippen molar-refractivity contribution >= 4 is 5.97 Å². The standard InChI is InChI=1S/C11H14O5/c12-5-8-1-3-9(4-2-8)11(15)16-10(6-13)7-14/h1-4,10,12-14H,5-7H2. The van der Waals surface area contributed by atoms with Gasteiger partial charge in [-0.2, -0.15) is 0 Å². The predicted molar refractivity (Wildman–Crippen MR) is 55.7 cm³/mol. The lowest BCUT2D eigenvalue weighted by atomic mass is 10.1. The van der Waals surface area contributed by atoms with Crippen LogP contribution in [0.5, 0.6) is 0 Å². The molecule has 88 valence electrons. The Hall–Kier alpha value is -1.43. The molecule has 1 aromatic carbocycles. The van der Waals surface area contributed by atoms with Crippen molar-refractivity contribution in [2.24, 2.45) is 0 Å². The lowest BCUT2D eigenvalue weighted by molar-refractivity contribution is -0.00545. The first-order valence-electron chi connectivity index (χ1n) is 4.83. The molecule has 0 spiro atoms. The summed E-state index contributed by atoms with van der Waals surface area (Å²) in [5, 5.41) is 26.3. The molecule has 0 aliphatic carbocycles. The third kappa shape index (κ3) is 3.30. The molecular weight excluding hydrogens is 212 g/mol. The molecule has 3 N–H and O–H groups in total. The van der Waals surface area contributed by atoms with Crippen molar-refractivity contribution in [3.05, 3.63) is 35.4 Å². The van der Waals surface area contributed by atoms with Crippen molar-refractivity contribution < 1.29 is 24.9 Å². The van der Waals surface area contributed by atoms with E-state index in [0.29, 0.717) is 11.1 Å². The van der Waals surface area contributed by atoms with Gasteiger partial charge in [-0.1, -0.05) is 12.1 Å². The van der Waals surface area contributed by atoms with Crippen molar-refractivity contribution in [2.75, 3.05) is 13.2 Å². The Balaban J connectivity index is 2.65. The van der Waals surface area contributed by atoms with Crippen LogP contribution in [0.25, 0.3) is 0 Å². The fourth-order valence-electron chi connectivity index (χ4n) is 1.10. The predicted octanol–water partition coefficient (Wildman–Crippen LogP) is -0.311. The van der Waals surface area contributed by atoms with Gasteiger partial charge < -0.3 is 20.1 Å². The summed E-state index contributed by atoms with van der Waals surface area (Å²) in [5.74, 6) is -0.613. The summed E-state index contributed by atoms with van der Waals surface area (Å²) in [6.45, 7) is -0.931. The molecule has 0 unspecified atom stereocenters. The number of hydrogen-bond donors (Lipinski definition) is 3.